The summed E-state index contributed by atoms with van der Waals surface area (Å²) < 4.78 is 0. The maximum absolute atomic E-state index is 6.40. The molecule has 31 heavy (non-hydrogen) atoms. The molecule has 0 spiro atoms. The lowest BCUT2D eigenvalue weighted by atomic mass is 9.52. The molecule has 5 rings (SSSR count). The molecule has 0 saturated heterocycles. The molecule has 3 heteroatoms. The van der Waals surface area contributed by atoms with Crippen LogP contribution in [0.15, 0.2) is 72.9 Å². The number of hydrogen-bond acceptors (Lipinski definition) is 2. The Morgan fingerprint density at radius 2 is 1.58 bits per heavy atom. The molecule has 1 aliphatic rings. The van der Waals surface area contributed by atoms with E-state index in [2.05, 4.69) is 80.4 Å². The minimum absolute atomic E-state index is 0.257. The van der Waals surface area contributed by atoms with Crippen LogP contribution in [0.5, 0.6) is 0 Å². The Morgan fingerprint density at radius 3 is 2.19 bits per heavy atom. The van der Waals surface area contributed by atoms with E-state index in [4.69, 9.17) is 16.6 Å². The number of pyridine rings is 2. The smallest absolute Gasteiger partial charge is 0.138 e. The van der Waals surface area contributed by atoms with Gasteiger partial charge in [0.25, 0.3) is 0 Å². The Kier molecular flexibility index (Phi) is 4.86. The summed E-state index contributed by atoms with van der Waals surface area (Å²) in [6.45, 7) is 7.11. The number of fused-ring (bicyclic) bond motifs is 1. The first kappa shape index (κ1) is 20.2. The fourth-order valence-corrected chi connectivity index (χ4v) is 5.28. The van der Waals surface area contributed by atoms with Crippen LogP contribution in [0, 0.1) is 5.41 Å². The number of aromatic nitrogens is 2. The first-order valence-corrected chi connectivity index (χ1v) is 11.4. The molecule has 1 aliphatic carbocycles. The molecule has 156 valence electrons. The molecular formula is C28H27ClN2. The third kappa shape index (κ3) is 3.34. The molecule has 0 radical (unpaired) electrons. The maximum atomic E-state index is 6.40. The van der Waals surface area contributed by atoms with Gasteiger partial charge in [-0.1, -0.05) is 93.4 Å². The van der Waals surface area contributed by atoms with Gasteiger partial charge in [0.05, 0.1) is 11.2 Å². The highest BCUT2D eigenvalue weighted by Gasteiger charge is 2.47. The zero-order valence-corrected chi connectivity index (χ0v) is 19.1. The van der Waals surface area contributed by atoms with Crippen LogP contribution in [0.3, 0.4) is 0 Å². The van der Waals surface area contributed by atoms with Crippen molar-refractivity contribution in [2.75, 3.05) is 0 Å². The summed E-state index contributed by atoms with van der Waals surface area (Å²) in [7, 11) is 0. The molecule has 1 fully saturated rings. The Morgan fingerprint density at radius 1 is 0.871 bits per heavy atom. The van der Waals surface area contributed by atoms with Crippen molar-refractivity contribution in [2.24, 2.45) is 5.41 Å². The SMILES string of the molecule is CC(C)(C)C1(c2ccc(-c3nc4ccnc(Cl)c4cc3-c3ccccc3)cc2)CCC1. The summed E-state index contributed by atoms with van der Waals surface area (Å²) >= 11 is 6.40. The quantitative estimate of drug-likeness (QED) is 0.309. The number of halogens is 1. The van der Waals surface area contributed by atoms with Crippen molar-refractivity contribution in [3.8, 4) is 22.4 Å². The lowest BCUT2D eigenvalue weighted by molar-refractivity contribution is 0.0852. The predicted molar refractivity (Wildman–Crippen MR) is 130 cm³/mol. The number of benzene rings is 2. The normalized spacial score (nSPS) is 15.6. The first-order valence-electron chi connectivity index (χ1n) is 11.0. The van der Waals surface area contributed by atoms with Gasteiger partial charge in [0.1, 0.15) is 5.15 Å². The molecule has 2 heterocycles. The van der Waals surface area contributed by atoms with Crippen molar-refractivity contribution in [1.29, 1.82) is 0 Å². The van der Waals surface area contributed by atoms with Crippen molar-refractivity contribution >= 4 is 22.5 Å². The van der Waals surface area contributed by atoms with E-state index in [0.29, 0.717) is 5.15 Å². The molecule has 1 saturated carbocycles. The highest BCUT2D eigenvalue weighted by atomic mass is 35.5. The zero-order valence-electron chi connectivity index (χ0n) is 18.3. The van der Waals surface area contributed by atoms with Crippen LogP contribution in [-0.4, -0.2) is 9.97 Å². The summed E-state index contributed by atoms with van der Waals surface area (Å²) in [5.74, 6) is 0. The summed E-state index contributed by atoms with van der Waals surface area (Å²) in [6, 6.07) is 23.6. The molecule has 0 atom stereocenters. The van der Waals surface area contributed by atoms with Gasteiger partial charge in [-0.3, -0.25) is 0 Å². The molecule has 0 aliphatic heterocycles. The second-order valence-electron chi connectivity index (χ2n) is 9.68. The number of hydrogen-bond donors (Lipinski definition) is 0. The third-order valence-electron chi connectivity index (χ3n) is 7.13. The Balaban J connectivity index is 1.66. The van der Waals surface area contributed by atoms with E-state index in [-0.39, 0.29) is 10.8 Å². The Hall–Kier alpha value is -2.71. The van der Waals surface area contributed by atoms with E-state index in [1.54, 1.807) is 6.20 Å². The second kappa shape index (κ2) is 7.46. The monoisotopic (exact) mass is 426 g/mol. The highest BCUT2D eigenvalue weighted by molar-refractivity contribution is 6.34. The lowest BCUT2D eigenvalue weighted by Gasteiger charge is -2.52. The van der Waals surface area contributed by atoms with Crippen LogP contribution in [0.25, 0.3) is 33.3 Å². The van der Waals surface area contributed by atoms with Gasteiger partial charge in [0.15, 0.2) is 0 Å². The van der Waals surface area contributed by atoms with Gasteiger partial charge in [0, 0.05) is 28.1 Å². The van der Waals surface area contributed by atoms with Crippen molar-refractivity contribution in [1.82, 2.24) is 9.97 Å². The number of rotatable bonds is 3. The summed E-state index contributed by atoms with van der Waals surface area (Å²) in [6.07, 6.45) is 5.57. The van der Waals surface area contributed by atoms with Gasteiger partial charge in [-0.2, -0.15) is 0 Å². The van der Waals surface area contributed by atoms with Gasteiger partial charge in [0.2, 0.25) is 0 Å². The molecule has 0 unspecified atom stereocenters. The molecule has 2 nitrogen and oxygen atoms in total. The van der Waals surface area contributed by atoms with Crippen molar-refractivity contribution < 1.29 is 0 Å². The van der Waals surface area contributed by atoms with Crippen molar-refractivity contribution in [3.05, 3.63) is 83.6 Å². The van der Waals surface area contributed by atoms with E-state index >= 15 is 0 Å². The van der Waals surface area contributed by atoms with Gasteiger partial charge < -0.3 is 0 Å². The van der Waals surface area contributed by atoms with E-state index in [1.807, 2.05) is 12.1 Å². The summed E-state index contributed by atoms with van der Waals surface area (Å²) in [4.78, 5) is 9.28. The molecule has 0 bridgehead atoms. The molecule has 0 N–H and O–H groups in total. The van der Waals surface area contributed by atoms with E-state index < -0.39 is 0 Å². The predicted octanol–water partition coefficient (Wildman–Crippen LogP) is 8.09. The van der Waals surface area contributed by atoms with E-state index in [9.17, 15) is 0 Å². The maximum Gasteiger partial charge on any atom is 0.138 e. The number of nitrogens with zero attached hydrogens (tertiary/aromatic N) is 2. The van der Waals surface area contributed by atoms with Gasteiger partial charge in [-0.25, -0.2) is 9.97 Å². The fourth-order valence-electron chi connectivity index (χ4n) is 5.07. The summed E-state index contributed by atoms with van der Waals surface area (Å²) in [5.41, 5.74) is 7.16. The minimum atomic E-state index is 0.257. The van der Waals surface area contributed by atoms with E-state index in [1.165, 1.54) is 24.8 Å². The molecule has 2 aromatic carbocycles. The van der Waals surface area contributed by atoms with Gasteiger partial charge in [-0.15, -0.1) is 0 Å². The molecule has 4 aromatic rings. The fraction of sp³-hybridized carbons (Fsp3) is 0.286. The molecular weight excluding hydrogens is 400 g/mol. The Bertz CT molecular complexity index is 1230. The van der Waals surface area contributed by atoms with Gasteiger partial charge in [-0.05, 0) is 41.5 Å². The zero-order chi connectivity index (χ0) is 21.6. The minimum Gasteiger partial charge on any atom is -0.247 e. The largest absolute Gasteiger partial charge is 0.247 e. The highest BCUT2D eigenvalue weighted by Crippen LogP contribution is 2.55. The lowest BCUT2D eigenvalue weighted by Crippen LogP contribution is -2.45. The molecule has 0 amide bonds. The average molecular weight is 427 g/mol. The third-order valence-corrected chi connectivity index (χ3v) is 7.43. The van der Waals surface area contributed by atoms with Crippen LogP contribution >= 0.6 is 11.6 Å². The molecule has 2 aromatic heterocycles. The first-order chi connectivity index (χ1) is 14.9. The van der Waals surface area contributed by atoms with Crippen molar-refractivity contribution in [3.63, 3.8) is 0 Å². The van der Waals surface area contributed by atoms with E-state index in [0.717, 1.165) is 33.3 Å². The van der Waals surface area contributed by atoms with Crippen LogP contribution in [0.4, 0.5) is 0 Å². The van der Waals surface area contributed by atoms with Gasteiger partial charge >= 0.3 is 0 Å². The van der Waals surface area contributed by atoms with Crippen LogP contribution in [0.1, 0.15) is 45.6 Å². The summed E-state index contributed by atoms with van der Waals surface area (Å²) in [5, 5.41) is 1.37. The van der Waals surface area contributed by atoms with Crippen molar-refractivity contribution in [2.45, 2.75) is 45.4 Å². The van der Waals surface area contributed by atoms with Crippen LogP contribution < -0.4 is 0 Å². The van der Waals surface area contributed by atoms with Crippen LogP contribution in [-0.2, 0) is 5.41 Å². The topological polar surface area (TPSA) is 25.8 Å². The second-order valence-corrected chi connectivity index (χ2v) is 10.0. The Labute approximate surface area is 189 Å². The average Bonchev–Trinajstić information content (AvgIpc) is 2.72. The van der Waals surface area contributed by atoms with Crippen LogP contribution in [0.2, 0.25) is 5.15 Å². The standard InChI is InChI=1S/C28H27ClN2/c1-27(2,3)28(15-7-16-28)21-12-10-20(11-13-21)25-22(19-8-5-4-6-9-19)18-23-24(31-25)14-17-30-26(23)29/h4-6,8-14,17-18H,7,15-16H2,1-3H3.